The van der Waals surface area contributed by atoms with E-state index in [0.717, 1.165) is 23.1 Å². The lowest BCUT2D eigenvalue weighted by molar-refractivity contribution is -0.394. The normalized spacial score (nSPS) is 14.2. The third kappa shape index (κ3) is 5.66. The number of para-hydroxylation sites is 1. The smallest absolute Gasteiger partial charge is 0.318 e. The minimum absolute atomic E-state index is 0.0168. The summed E-state index contributed by atoms with van der Waals surface area (Å²) in [7, 11) is 0. The largest absolute Gasteiger partial charge is 0.449 e. The minimum atomic E-state index is -0.812. The second-order valence-corrected chi connectivity index (χ2v) is 8.93. The van der Waals surface area contributed by atoms with Crippen LogP contribution in [0.3, 0.4) is 0 Å². The van der Waals surface area contributed by atoms with Gasteiger partial charge >= 0.3 is 5.69 Å². The Labute approximate surface area is 217 Å². The van der Waals surface area contributed by atoms with Gasteiger partial charge in [0, 0.05) is 22.2 Å². The van der Waals surface area contributed by atoms with Gasteiger partial charge in [-0.25, -0.2) is 0 Å². The molecule has 0 aromatic heterocycles. The van der Waals surface area contributed by atoms with Crippen LogP contribution in [0.4, 0.5) is 16.2 Å². The highest BCUT2D eigenvalue weighted by Gasteiger charge is 2.36. The van der Waals surface area contributed by atoms with Crippen LogP contribution in [0.5, 0.6) is 11.5 Å². The van der Waals surface area contributed by atoms with Crippen LogP contribution in [0.2, 0.25) is 5.02 Å². The highest BCUT2D eigenvalue weighted by atomic mass is 35.5. The van der Waals surface area contributed by atoms with Gasteiger partial charge in [-0.05, 0) is 54.2 Å². The fourth-order valence-electron chi connectivity index (χ4n) is 3.31. The van der Waals surface area contributed by atoms with E-state index in [1.807, 2.05) is 0 Å². The van der Waals surface area contributed by atoms with Crippen molar-refractivity contribution >= 4 is 57.7 Å². The molecule has 0 unspecified atom stereocenters. The van der Waals surface area contributed by atoms with E-state index in [-0.39, 0.29) is 22.0 Å². The maximum Gasteiger partial charge on any atom is 0.318 e. The summed E-state index contributed by atoms with van der Waals surface area (Å²) < 4.78 is 5.68. The third-order valence-electron chi connectivity index (χ3n) is 5.12. The van der Waals surface area contributed by atoms with E-state index in [9.17, 15) is 34.6 Å². The molecule has 1 aliphatic rings. The van der Waals surface area contributed by atoms with Crippen molar-refractivity contribution in [2.75, 3.05) is 6.54 Å². The van der Waals surface area contributed by atoms with Gasteiger partial charge in [-0.3, -0.25) is 39.5 Å². The van der Waals surface area contributed by atoms with Gasteiger partial charge in [0.2, 0.25) is 5.75 Å². The fraction of sp³-hybridized carbons (Fsp3) is 0.0417. The number of non-ortho nitro benzene ring substituents is 1. The maximum atomic E-state index is 12.9. The quantitative estimate of drug-likeness (QED) is 0.148. The molecule has 3 aromatic carbocycles. The summed E-state index contributed by atoms with van der Waals surface area (Å²) in [6.07, 6.45) is 1.37. The molecule has 186 valence electrons. The van der Waals surface area contributed by atoms with Gasteiger partial charge in [-0.2, -0.15) is 0 Å². The fourth-order valence-corrected chi connectivity index (χ4v) is 4.26. The number of nitrogens with zero attached hydrogens (tertiary/aromatic N) is 3. The number of halogens is 1. The number of carbonyl (C=O) groups excluding carboxylic acids is 3. The number of hydrogen-bond donors (Lipinski definition) is 0. The number of benzene rings is 3. The topological polar surface area (TPSA) is 150 Å². The summed E-state index contributed by atoms with van der Waals surface area (Å²) in [4.78, 5) is 59.6. The second-order valence-electron chi connectivity index (χ2n) is 7.50. The summed E-state index contributed by atoms with van der Waals surface area (Å²) >= 11 is 6.46. The molecule has 1 aliphatic heterocycles. The van der Waals surface area contributed by atoms with Gasteiger partial charge in [0.25, 0.3) is 16.8 Å². The molecule has 0 radical (unpaired) electrons. The van der Waals surface area contributed by atoms with Crippen LogP contribution in [-0.2, 0) is 4.79 Å². The van der Waals surface area contributed by atoms with Crippen LogP contribution in [-0.4, -0.2) is 38.2 Å². The van der Waals surface area contributed by atoms with E-state index in [1.165, 1.54) is 36.4 Å². The van der Waals surface area contributed by atoms with Gasteiger partial charge < -0.3 is 4.74 Å². The number of rotatable bonds is 8. The number of carbonyl (C=O) groups is 3. The number of thioether (sulfide) groups is 1. The molecule has 0 aliphatic carbocycles. The van der Waals surface area contributed by atoms with Crippen LogP contribution < -0.4 is 4.74 Å². The zero-order valence-electron chi connectivity index (χ0n) is 18.5. The van der Waals surface area contributed by atoms with Crippen molar-refractivity contribution in [1.29, 1.82) is 0 Å². The van der Waals surface area contributed by atoms with Crippen molar-refractivity contribution in [2.45, 2.75) is 0 Å². The van der Waals surface area contributed by atoms with E-state index in [1.54, 1.807) is 18.2 Å². The Hall–Kier alpha value is -4.55. The molecular weight excluding hydrogens is 526 g/mol. The average Bonchev–Trinajstić information content (AvgIpc) is 3.12. The predicted octanol–water partition coefficient (Wildman–Crippen LogP) is 5.87. The molecule has 3 aromatic rings. The molecule has 0 spiro atoms. The average molecular weight is 540 g/mol. The zero-order valence-corrected chi connectivity index (χ0v) is 20.1. The van der Waals surface area contributed by atoms with Crippen molar-refractivity contribution in [1.82, 2.24) is 4.90 Å². The summed E-state index contributed by atoms with van der Waals surface area (Å²) in [5.41, 5.74) is -0.500. The monoisotopic (exact) mass is 539 g/mol. The molecule has 13 heteroatoms. The molecule has 0 atom stereocenters. The van der Waals surface area contributed by atoms with E-state index >= 15 is 0 Å². The van der Waals surface area contributed by atoms with Crippen molar-refractivity contribution < 1.29 is 29.0 Å². The molecule has 1 fully saturated rings. The third-order valence-corrected chi connectivity index (χ3v) is 6.28. The molecule has 37 heavy (non-hydrogen) atoms. The van der Waals surface area contributed by atoms with Crippen molar-refractivity contribution in [3.05, 3.63) is 108 Å². The Balaban J connectivity index is 1.59. The van der Waals surface area contributed by atoms with Gasteiger partial charge in [0.1, 0.15) is 5.75 Å². The predicted molar refractivity (Wildman–Crippen MR) is 135 cm³/mol. The number of ether oxygens (including phenoxy) is 1. The molecular formula is C24H14ClN3O8S. The molecule has 1 saturated heterocycles. The Bertz CT molecular complexity index is 1490. The summed E-state index contributed by atoms with van der Waals surface area (Å²) in [6.45, 7) is -0.462. The van der Waals surface area contributed by atoms with Gasteiger partial charge in [-0.1, -0.05) is 29.8 Å². The molecule has 0 bridgehead atoms. The lowest BCUT2D eigenvalue weighted by atomic mass is 10.1. The van der Waals surface area contributed by atoms with Crippen LogP contribution in [0.25, 0.3) is 6.08 Å². The summed E-state index contributed by atoms with van der Waals surface area (Å²) in [5, 5.41) is 22.2. The first kappa shape index (κ1) is 25.5. The lowest BCUT2D eigenvalue weighted by Gasteiger charge is -2.11. The molecule has 4 rings (SSSR count). The number of ketones is 1. The number of nitro groups is 2. The lowest BCUT2D eigenvalue weighted by Crippen LogP contribution is -2.33. The zero-order chi connectivity index (χ0) is 26.7. The molecule has 0 N–H and O–H groups in total. The van der Waals surface area contributed by atoms with Gasteiger partial charge in [0.15, 0.2) is 5.78 Å². The summed E-state index contributed by atoms with van der Waals surface area (Å²) in [5.74, 6) is -1.29. The number of amides is 2. The Kier molecular flexibility index (Phi) is 7.32. The summed E-state index contributed by atoms with van der Waals surface area (Å²) in [6, 6.07) is 15.2. The molecule has 1 heterocycles. The SMILES string of the molecule is O=C(CN1C(=O)S/C(=C/c2ccccc2Oc2ccc([N+](=O)[O-])cc2[N+](=O)[O-])C1=O)c1ccc(Cl)cc1. The van der Waals surface area contributed by atoms with E-state index in [2.05, 4.69) is 0 Å². The first-order valence-corrected chi connectivity index (χ1v) is 11.6. The number of nitro benzene ring substituents is 2. The number of Topliss-reactive ketones (excluding diaryl/α,β-unsaturated/α-hetero) is 1. The van der Waals surface area contributed by atoms with Crippen molar-refractivity contribution in [2.24, 2.45) is 0 Å². The highest BCUT2D eigenvalue weighted by molar-refractivity contribution is 8.18. The van der Waals surface area contributed by atoms with Gasteiger partial charge in [0.05, 0.1) is 27.4 Å². The number of imide groups is 1. The molecule has 0 saturated carbocycles. The van der Waals surface area contributed by atoms with E-state index in [4.69, 9.17) is 16.3 Å². The van der Waals surface area contributed by atoms with E-state index in [0.29, 0.717) is 22.3 Å². The maximum absolute atomic E-state index is 12.9. The van der Waals surface area contributed by atoms with Crippen molar-refractivity contribution in [3.8, 4) is 11.5 Å². The molecule has 11 nitrogen and oxygen atoms in total. The Morgan fingerprint density at radius 1 is 0.973 bits per heavy atom. The Morgan fingerprint density at radius 2 is 1.68 bits per heavy atom. The van der Waals surface area contributed by atoms with Crippen LogP contribution in [0.15, 0.2) is 71.6 Å². The van der Waals surface area contributed by atoms with Crippen LogP contribution in [0, 0.1) is 20.2 Å². The standard InChI is InChI=1S/C24H14ClN3O8S/c25-16-7-5-14(6-8-16)19(29)13-26-23(30)22(37-24(26)31)11-15-3-1-2-4-20(15)36-21-10-9-17(27(32)33)12-18(21)28(34)35/h1-12H,13H2/b22-11+. The van der Waals surface area contributed by atoms with Crippen LogP contribution in [0.1, 0.15) is 15.9 Å². The minimum Gasteiger partial charge on any atom is -0.449 e. The second kappa shape index (κ2) is 10.6. The van der Waals surface area contributed by atoms with Crippen molar-refractivity contribution in [3.63, 3.8) is 0 Å². The highest BCUT2D eigenvalue weighted by Crippen LogP contribution is 2.38. The van der Waals surface area contributed by atoms with E-state index < -0.39 is 44.7 Å². The first-order valence-electron chi connectivity index (χ1n) is 10.4. The van der Waals surface area contributed by atoms with Crippen LogP contribution >= 0.6 is 23.4 Å². The van der Waals surface area contributed by atoms with Gasteiger partial charge in [-0.15, -0.1) is 0 Å². The molecule has 2 amide bonds. The number of hydrogen-bond acceptors (Lipinski definition) is 9. The Morgan fingerprint density at radius 3 is 2.35 bits per heavy atom. The first-order chi connectivity index (χ1) is 17.6.